The van der Waals surface area contributed by atoms with E-state index in [1.807, 2.05) is 0 Å². The molecule has 0 fully saturated rings. The molecule has 0 heterocycles. The molecule has 0 aliphatic rings. The smallest absolute Gasteiger partial charge is 0.321 e. The summed E-state index contributed by atoms with van der Waals surface area (Å²) < 4.78 is 0. The molecule has 12 nitrogen and oxygen atoms in total. The molecule has 0 aliphatic heterocycles. The molecular weight excluding hydrogens is 342 g/mol. The minimum absolute atomic E-state index is 0.0357. The number of aliphatic carboxylic acids is 3. The second-order valence-corrected chi connectivity index (χ2v) is 5.18. The standard InChI is InChI=1S/C13H23N3O9/c17-6-8(7-18)15-10(19)4-16(5-12(22)23)2-1-14-9(13(24)25)3-11(20)21/h8-9,14,17-18H,1-7H2,(H,15,19)(H,20,21)(H,22,23)(H,24,25). The van der Waals surface area contributed by atoms with Gasteiger partial charge in [-0.3, -0.25) is 24.1 Å². The Balaban J connectivity index is 4.56. The first kappa shape index (κ1) is 22.7. The second-order valence-electron chi connectivity index (χ2n) is 5.18. The van der Waals surface area contributed by atoms with E-state index in [0.717, 1.165) is 0 Å². The number of amides is 1. The molecular formula is C13H23N3O9. The lowest BCUT2D eigenvalue weighted by Gasteiger charge is -2.22. The van der Waals surface area contributed by atoms with Crippen molar-refractivity contribution < 1.29 is 44.7 Å². The normalized spacial score (nSPS) is 12.2. The van der Waals surface area contributed by atoms with Gasteiger partial charge < -0.3 is 36.2 Å². The lowest BCUT2D eigenvalue weighted by Crippen LogP contribution is -2.48. The predicted octanol–water partition coefficient (Wildman–Crippen LogP) is -3.64. The quantitative estimate of drug-likeness (QED) is 0.160. The van der Waals surface area contributed by atoms with Crippen molar-refractivity contribution in [1.29, 1.82) is 0 Å². The number of carbonyl (C=O) groups is 4. The van der Waals surface area contributed by atoms with Crippen LogP contribution >= 0.6 is 0 Å². The van der Waals surface area contributed by atoms with Gasteiger partial charge >= 0.3 is 17.9 Å². The number of rotatable bonds is 14. The zero-order valence-corrected chi connectivity index (χ0v) is 13.4. The first-order chi connectivity index (χ1) is 11.7. The first-order valence-corrected chi connectivity index (χ1v) is 7.32. The van der Waals surface area contributed by atoms with Crippen molar-refractivity contribution in [3.8, 4) is 0 Å². The Bertz CT molecular complexity index is 468. The zero-order valence-electron chi connectivity index (χ0n) is 13.4. The highest BCUT2D eigenvalue weighted by molar-refractivity contribution is 5.80. The van der Waals surface area contributed by atoms with Gasteiger partial charge in [0.15, 0.2) is 0 Å². The molecule has 7 N–H and O–H groups in total. The molecule has 0 aromatic heterocycles. The monoisotopic (exact) mass is 365 g/mol. The van der Waals surface area contributed by atoms with Crippen LogP contribution < -0.4 is 10.6 Å². The molecule has 1 unspecified atom stereocenters. The molecule has 1 amide bonds. The van der Waals surface area contributed by atoms with Gasteiger partial charge in [0.2, 0.25) is 5.91 Å². The molecule has 0 rings (SSSR count). The Morgan fingerprint density at radius 2 is 1.52 bits per heavy atom. The van der Waals surface area contributed by atoms with Crippen molar-refractivity contribution >= 4 is 23.8 Å². The van der Waals surface area contributed by atoms with Crippen LogP contribution in [-0.4, -0.2) is 106 Å². The number of carboxylic acid groups (broad SMARTS) is 3. The van der Waals surface area contributed by atoms with Crippen LogP contribution in [-0.2, 0) is 19.2 Å². The summed E-state index contributed by atoms with van der Waals surface area (Å²) in [6, 6.07) is -2.21. The Morgan fingerprint density at radius 1 is 0.920 bits per heavy atom. The molecule has 1 atom stereocenters. The number of hydrogen-bond acceptors (Lipinski definition) is 8. The van der Waals surface area contributed by atoms with Gasteiger partial charge in [-0.1, -0.05) is 0 Å². The van der Waals surface area contributed by atoms with E-state index in [9.17, 15) is 19.2 Å². The van der Waals surface area contributed by atoms with Gasteiger partial charge in [0.1, 0.15) is 6.04 Å². The molecule has 0 saturated carbocycles. The van der Waals surface area contributed by atoms with Crippen LogP contribution in [0.15, 0.2) is 0 Å². The van der Waals surface area contributed by atoms with E-state index >= 15 is 0 Å². The number of aliphatic hydroxyl groups is 2. The van der Waals surface area contributed by atoms with Crippen molar-refractivity contribution in [3.63, 3.8) is 0 Å². The van der Waals surface area contributed by atoms with Crippen LogP contribution in [0.1, 0.15) is 6.42 Å². The van der Waals surface area contributed by atoms with Crippen molar-refractivity contribution in [3.05, 3.63) is 0 Å². The molecule has 0 radical (unpaired) electrons. The summed E-state index contributed by atoms with van der Waals surface area (Å²) >= 11 is 0. The number of carbonyl (C=O) groups excluding carboxylic acids is 1. The zero-order chi connectivity index (χ0) is 19.4. The topological polar surface area (TPSA) is 197 Å². The van der Waals surface area contributed by atoms with Crippen LogP contribution in [0.3, 0.4) is 0 Å². The summed E-state index contributed by atoms with van der Waals surface area (Å²) in [5.74, 6) is -4.51. The van der Waals surface area contributed by atoms with E-state index < -0.39 is 62.1 Å². The van der Waals surface area contributed by atoms with Crippen LogP contribution in [0.4, 0.5) is 0 Å². The summed E-state index contributed by atoms with van der Waals surface area (Å²) in [5, 5.41) is 48.9. The minimum Gasteiger partial charge on any atom is -0.481 e. The van der Waals surface area contributed by atoms with Gasteiger partial charge in [0, 0.05) is 13.1 Å². The summed E-state index contributed by atoms with van der Waals surface area (Å²) in [5.41, 5.74) is 0. The summed E-state index contributed by atoms with van der Waals surface area (Å²) in [6.07, 6.45) is -0.649. The van der Waals surface area contributed by atoms with Gasteiger partial charge in [-0.25, -0.2) is 0 Å². The lowest BCUT2D eigenvalue weighted by atomic mass is 10.2. The fraction of sp³-hybridized carbons (Fsp3) is 0.692. The predicted molar refractivity (Wildman–Crippen MR) is 81.9 cm³/mol. The molecule has 12 heteroatoms. The van der Waals surface area contributed by atoms with Crippen molar-refractivity contribution in [2.24, 2.45) is 0 Å². The largest absolute Gasteiger partial charge is 0.481 e. The molecule has 144 valence electrons. The molecule has 0 aliphatic carbocycles. The lowest BCUT2D eigenvalue weighted by molar-refractivity contribution is -0.146. The SMILES string of the molecule is O=C(O)CC(NCCN(CC(=O)O)CC(=O)NC(CO)CO)C(=O)O. The van der Waals surface area contributed by atoms with Crippen molar-refractivity contribution in [1.82, 2.24) is 15.5 Å². The number of carboxylic acids is 3. The molecule has 0 saturated heterocycles. The fourth-order valence-corrected chi connectivity index (χ4v) is 1.85. The Kier molecular flexibility index (Phi) is 11.0. The van der Waals surface area contributed by atoms with Crippen molar-refractivity contribution in [2.75, 3.05) is 39.4 Å². The van der Waals surface area contributed by atoms with Crippen LogP contribution in [0, 0.1) is 0 Å². The average molecular weight is 365 g/mol. The minimum atomic E-state index is -1.36. The van der Waals surface area contributed by atoms with Gasteiger partial charge in [0.05, 0.1) is 38.8 Å². The van der Waals surface area contributed by atoms with E-state index in [4.69, 9.17) is 25.5 Å². The molecule has 0 bridgehead atoms. The van der Waals surface area contributed by atoms with Gasteiger partial charge in [0.25, 0.3) is 0 Å². The summed E-state index contributed by atoms with van der Waals surface area (Å²) in [6.45, 7) is -1.94. The number of aliphatic hydroxyl groups excluding tert-OH is 2. The van der Waals surface area contributed by atoms with E-state index in [-0.39, 0.29) is 19.6 Å². The van der Waals surface area contributed by atoms with Crippen LogP contribution in [0.2, 0.25) is 0 Å². The maximum absolute atomic E-state index is 11.8. The third kappa shape index (κ3) is 11.0. The average Bonchev–Trinajstić information content (AvgIpc) is 2.50. The molecule has 0 aromatic carbocycles. The second kappa shape index (κ2) is 12.1. The van der Waals surface area contributed by atoms with Gasteiger partial charge in [-0.15, -0.1) is 0 Å². The molecule has 0 aromatic rings. The summed E-state index contributed by atoms with van der Waals surface area (Å²) in [4.78, 5) is 45.3. The Morgan fingerprint density at radius 3 is 1.96 bits per heavy atom. The molecule has 0 spiro atoms. The third-order valence-electron chi connectivity index (χ3n) is 3.03. The summed E-state index contributed by atoms with van der Waals surface area (Å²) in [7, 11) is 0. The van der Waals surface area contributed by atoms with Crippen LogP contribution in [0.25, 0.3) is 0 Å². The number of hydrogen-bond donors (Lipinski definition) is 7. The van der Waals surface area contributed by atoms with Gasteiger partial charge in [-0.2, -0.15) is 0 Å². The maximum Gasteiger partial charge on any atom is 0.321 e. The Labute approximate surface area is 143 Å². The van der Waals surface area contributed by atoms with E-state index in [0.29, 0.717) is 0 Å². The van der Waals surface area contributed by atoms with E-state index in [1.165, 1.54) is 4.90 Å². The van der Waals surface area contributed by atoms with Crippen LogP contribution in [0.5, 0.6) is 0 Å². The van der Waals surface area contributed by atoms with E-state index in [2.05, 4.69) is 10.6 Å². The first-order valence-electron chi connectivity index (χ1n) is 7.32. The van der Waals surface area contributed by atoms with E-state index in [1.54, 1.807) is 0 Å². The maximum atomic E-state index is 11.8. The number of nitrogens with one attached hydrogen (secondary N) is 2. The van der Waals surface area contributed by atoms with Gasteiger partial charge in [-0.05, 0) is 0 Å². The fourth-order valence-electron chi connectivity index (χ4n) is 1.85. The highest BCUT2D eigenvalue weighted by atomic mass is 16.4. The number of nitrogens with zero attached hydrogens (tertiary/aromatic N) is 1. The third-order valence-corrected chi connectivity index (χ3v) is 3.03. The Hall–Kier alpha value is -2.28. The van der Waals surface area contributed by atoms with Crippen molar-refractivity contribution in [2.45, 2.75) is 18.5 Å². The highest BCUT2D eigenvalue weighted by Crippen LogP contribution is 1.94. The highest BCUT2D eigenvalue weighted by Gasteiger charge is 2.21. The molecule has 25 heavy (non-hydrogen) atoms.